The van der Waals surface area contributed by atoms with Crippen molar-refractivity contribution in [1.82, 2.24) is 19.9 Å². The van der Waals surface area contributed by atoms with E-state index >= 15 is 0 Å². The Labute approximate surface area is 175 Å². The van der Waals surface area contributed by atoms with Gasteiger partial charge < -0.3 is 10.1 Å². The molecule has 0 aliphatic heterocycles. The number of aryl methyl sites for hydroxylation is 2. The summed E-state index contributed by atoms with van der Waals surface area (Å²) in [7, 11) is 1.62. The third-order valence-corrected chi connectivity index (χ3v) is 5.31. The lowest BCUT2D eigenvalue weighted by atomic mass is 10.0. The molecular weight excluding hydrogens is 376 g/mol. The molecule has 0 aliphatic carbocycles. The zero-order valence-corrected chi connectivity index (χ0v) is 17.3. The summed E-state index contributed by atoms with van der Waals surface area (Å²) >= 11 is 0. The molecule has 6 heteroatoms. The number of fused-ring (bicyclic) bond motifs is 1. The van der Waals surface area contributed by atoms with Gasteiger partial charge in [0, 0.05) is 29.9 Å². The lowest BCUT2D eigenvalue weighted by molar-refractivity contribution is 0.0952. The van der Waals surface area contributed by atoms with Crippen LogP contribution in [-0.4, -0.2) is 27.6 Å². The van der Waals surface area contributed by atoms with E-state index < -0.39 is 0 Å². The van der Waals surface area contributed by atoms with Crippen molar-refractivity contribution in [2.75, 3.05) is 7.11 Å². The summed E-state index contributed by atoms with van der Waals surface area (Å²) < 4.78 is 7.11. The fourth-order valence-corrected chi connectivity index (χ4v) is 3.65. The number of ether oxygens (including phenoxy) is 1. The summed E-state index contributed by atoms with van der Waals surface area (Å²) in [5, 5.41) is 7.39. The van der Waals surface area contributed by atoms with E-state index in [-0.39, 0.29) is 5.91 Å². The molecule has 2 heterocycles. The zero-order valence-electron chi connectivity index (χ0n) is 17.3. The monoisotopic (exact) mass is 400 g/mol. The number of rotatable bonds is 6. The molecule has 1 N–H and O–H groups in total. The topological polar surface area (TPSA) is 68.5 Å². The highest BCUT2D eigenvalue weighted by Crippen LogP contribution is 2.21. The molecule has 4 rings (SSSR count). The molecule has 0 saturated heterocycles. The van der Waals surface area contributed by atoms with E-state index in [0.29, 0.717) is 17.8 Å². The molecule has 0 radical (unpaired) electrons. The number of carbonyl (C=O) groups excluding carboxylic acids is 1. The van der Waals surface area contributed by atoms with Gasteiger partial charge in [-0.3, -0.25) is 4.79 Å². The molecule has 0 bridgehead atoms. The van der Waals surface area contributed by atoms with Gasteiger partial charge in [-0.05, 0) is 31.0 Å². The molecule has 2 aromatic carbocycles. The highest BCUT2D eigenvalue weighted by molar-refractivity contribution is 5.99. The second-order valence-electron chi connectivity index (χ2n) is 7.21. The summed E-state index contributed by atoms with van der Waals surface area (Å²) in [5.41, 5.74) is 6.18. The van der Waals surface area contributed by atoms with Crippen LogP contribution in [0.4, 0.5) is 0 Å². The van der Waals surface area contributed by atoms with Crippen LogP contribution in [0.1, 0.15) is 38.4 Å². The van der Waals surface area contributed by atoms with E-state index in [2.05, 4.69) is 22.5 Å². The fourth-order valence-electron chi connectivity index (χ4n) is 3.65. The predicted molar refractivity (Wildman–Crippen MR) is 116 cm³/mol. The number of hydrogen-bond acceptors (Lipinski definition) is 4. The molecule has 0 aliphatic rings. The van der Waals surface area contributed by atoms with Crippen LogP contribution in [0.25, 0.3) is 5.65 Å². The van der Waals surface area contributed by atoms with E-state index in [1.54, 1.807) is 17.8 Å². The first-order chi connectivity index (χ1) is 14.6. The molecule has 30 heavy (non-hydrogen) atoms. The molecule has 2 aromatic heterocycles. The Kier molecular flexibility index (Phi) is 5.48. The summed E-state index contributed by atoms with van der Waals surface area (Å²) in [6.45, 7) is 4.36. The van der Waals surface area contributed by atoms with Crippen LogP contribution in [0.3, 0.4) is 0 Å². The van der Waals surface area contributed by atoms with Crippen molar-refractivity contribution < 1.29 is 9.53 Å². The molecule has 0 spiro atoms. The highest BCUT2D eigenvalue weighted by atomic mass is 16.5. The summed E-state index contributed by atoms with van der Waals surface area (Å²) in [6.07, 6.45) is 2.36. The number of carbonyl (C=O) groups is 1. The van der Waals surface area contributed by atoms with Crippen molar-refractivity contribution in [2.45, 2.75) is 26.8 Å². The van der Waals surface area contributed by atoms with Gasteiger partial charge in [0.1, 0.15) is 11.3 Å². The van der Waals surface area contributed by atoms with E-state index in [1.165, 1.54) is 5.56 Å². The minimum Gasteiger partial charge on any atom is -0.496 e. The first-order valence-electron chi connectivity index (χ1n) is 9.86. The van der Waals surface area contributed by atoms with Crippen LogP contribution in [-0.2, 0) is 13.0 Å². The molecule has 1 amide bonds. The lowest BCUT2D eigenvalue weighted by Crippen LogP contribution is -2.23. The van der Waals surface area contributed by atoms with Crippen LogP contribution in [0.15, 0.2) is 60.8 Å². The predicted octanol–water partition coefficient (Wildman–Crippen LogP) is 3.88. The van der Waals surface area contributed by atoms with Gasteiger partial charge in [-0.25, -0.2) is 9.50 Å². The lowest BCUT2D eigenvalue weighted by Gasteiger charge is -2.12. The van der Waals surface area contributed by atoms with Crippen molar-refractivity contribution in [1.29, 1.82) is 0 Å². The van der Waals surface area contributed by atoms with Gasteiger partial charge in [-0.15, -0.1) is 0 Å². The molecule has 152 valence electrons. The van der Waals surface area contributed by atoms with Crippen molar-refractivity contribution in [2.24, 2.45) is 0 Å². The number of nitrogens with one attached hydrogen (secondary N) is 1. The molecule has 0 atom stereocenters. The van der Waals surface area contributed by atoms with Crippen LogP contribution in [0, 0.1) is 13.8 Å². The number of para-hydroxylation sites is 1. The average Bonchev–Trinajstić information content (AvgIpc) is 3.20. The van der Waals surface area contributed by atoms with Gasteiger partial charge in [0.2, 0.25) is 0 Å². The van der Waals surface area contributed by atoms with Crippen molar-refractivity contribution in [3.63, 3.8) is 0 Å². The van der Waals surface area contributed by atoms with Gasteiger partial charge in [-0.1, -0.05) is 48.5 Å². The fraction of sp³-hybridized carbons (Fsp3) is 0.208. The van der Waals surface area contributed by atoms with Crippen molar-refractivity contribution in [3.05, 3.63) is 94.4 Å². The number of aromatic nitrogens is 3. The Bertz CT molecular complexity index is 1200. The Balaban J connectivity index is 1.60. The van der Waals surface area contributed by atoms with E-state index in [4.69, 9.17) is 9.72 Å². The number of methoxy groups -OCH3 is 1. The summed E-state index contributed by atoms with van der Waals surface area (Å²) in [4.78, 5) is 17.6. The standard InChI is InChI=1S/C24H24N4O2/c1-16-20(13-18-9-5-4-6-10-18)17(2)28-23(27-16)21(15-26-28)24(29)25-14-19-11-7-8-12-22(19)30-3/h4-12,15H,13-14H2,1-3H3,(H,25,29). The summed E-state index contributed by atoms with van der Waals surface area (Å²) in [5.74, 6) is 0.533. The normalized spacial score (nSPS) is 10.9. The minimum atomic E-state index is -0.210. The second kappa shape index (κ2) is 8.37. The largest absolute Gasteiger partial charge is 0.496 e. The Hall–Kier alpha value is -3.67. The first-order valence-corrected chi connectivity index (χ1v) is 9.86. The van der Waals surface area contributed by atoms with E-state index in [1.807, 2.05) is 56.3 Å². The van der Waals surface area contributed by atoms with Crippen LogP contribution < -0.4 is 10.1 Å². The van der Waals surface area contributed by atoms with Gasteiger partial charge in [-0.2, -0.15) is 5.10 Å². The molecule has 0 saturated carbocycles. The third-order valence-electron chi connectivity index (χ3n) is 5.31. The second-order valence-corrected chi connectivity index (χ2v) is 7.21. The zero-order chi connectivity index (χ0) is 21.1. The number of benzene rings is 2. The average molecular weight is 400 g/mol. The molecule has 4 aromatic rings. The molecule has 6 nitrogen and oxygen atoms in total. The molecular formula is C24H24N4O2. The van der Waals surface area contributed by atoms with Gasteiger partial charge in [0.15, 0.2) is 5.65 Å². The van der Waals surface area contributed by atoms with Gasteiger partial charge in [0.05, 0.1) is 13.3 Å². The van der Waals surface area contributed by atoms with Gasteiger partial charge >= 0.3 is 0 Å². The number of hydrogen-bond donors (Lipinski definition) is 1. The molecule has 0 unspecified atom stereocenters. The number of nitrogens with zero attached hydrogens (tertiary/aromatic N) is 3. The highest BCUT2D eigenvalue weighted by Gasteiger charge is 2.18. The third kappa shape index (κ3) is 3.76. The SMILES string of the molecule is COc1ccccc1CNC(=O)c1cnn2c(C)c(Cc3ccccc3)c(C)nc12. The van der Waals surface area contributed by atoms with Crippen molar-refractivity contribution in [3.8, 4) is 5.75 Å². The smallest absolute Gasteiger partial charge is 0.257 e. The van der Waals surface area contributed by atoms with E-state index in [0.717, 1.165) is 34.7 Å². The maximum atomic E-state index is 12.8. The minimum absolute atomic E-state index is 0.210. The van der Waals surface area contributed by atoms with Crippen LogP contribution in [0.5, 0.6) is 5.75 Å². The maximum absolute atomic E-state index is 12.8. The number of amides is 1. The maximum Gasteiger partial charge on any atom is 0.257 e. The Morgan fingerprint density at radius 3 is 2.57 bits per heavy atom. The van der Waals surface area contributed by atoms with E-state index in [9.17, 15) is 4.79 Å². The van der Waals surface area contributed by atoms with Crippen LogP contribution >= 0.6 is 0 Å². The Morgan fingerprint density at radius 1 is 1.07 bits per heavy atom. The Morgan fingerprint density at radius 2 is 1.80 bits per heavy atom. The summed E-state index contributed by atoms with van der Waals surface area (Å²) in [6, 6.07) is 17.9. The van der Waals surface area contributed by atoms with Crippen molar-refractivity contribution >= 4 is 11.6 Å². The van der Waals surface area contributed by atoms with Crippen LogP contribution in [0.2, 0.25) is 0 Å². The molecule has 0 fully saturated rings. The first kappa shape index (κ1) is 19.6. The quantitative estimate of drug-likeness (QED) is 0.533. The van der Waals surface area contributed by atoms with Gasteiger partial charge in [0.25, 0.3) is 5.91 Å².